The van der Waals surface area contributed by atoms with E-state index in [4.69, 9.17) is 9.47 Å². The molecule has 2 aromatic carbocycles. The van der Waals surface area contributed by atoms with Crippen LogP contribution in [0, 0.1) is 17.3 Å². The molecule has 33 heavy (non-hydrogen) atoms. The average Bonchev–Trinajstić information content (AvgIpc) is 3.21. The topological polar surface area (TPSA) is 52.6 Å². The summed E-state index contributed by atoms with van der Waals surface area (Å²) in [6.45, 7) is 8.36. The van der Waals surface area contributed by atoms with Gasteiger partial charge in [-0.05, 0) is 41.5 Å². The number of hydrogen-bond acceptors (Lipinski definition) is 4. The first-order valence-corrected chi connectivity index (χ1v) is 11.9. The zero-order valence-electron chi connectivity index (χ0n) is 19.9. The van der Waals surface area contributed by atoms with Crippen LogP contribution >= 0.6 is 0 Å². The number of aryl methyl sites for hydroxylation is 2. The summed E-state index contributed by atoms with van der Waals surface area (Å²) in [6.07, 6.45) is 7.60. The molecule has 2 bridgehead atoms. The van der Waals surface area contributed by atoms with Gasteiger partial charge in [0.15, 0.2) is 0 Å². The molecule has 2 aliphatic carbocycles. The van der Waals surface area contributed by atoms with Crippen LogP contribution in [0.4, 0.5) is 0 Å². The molecule has 172 valence electrons. The largest absolute Gasteiger partial charge is 0.423 e. The lowest BCUT2D eigenvalue weighted by Crippen LogP contribution is -2.24. The SMILES string of the molecule is CCCc1ccccc1OC(=O)C1=C(C(=O)Oc2ccccc2CCC)C2C=CC1C2(C)C. The van der Waals surface area contributed by atoms with Gasteiger partial charge in [-0.3, -0.25) is 0 Å². The lowest BCUT2D eigenvalue weighted by atomic mass is 9.77. The second-order valence-corrected chi connectivity index (χ2v) is 9.48. The highest BCUT2D eigenvalue weighted by atomic mass is 16.5. The van der Waals surface area contributed by atoms with Crippen molar-refractivity contribution in [1.29, 1.82) is 0 Å². The summed E-state index contributed by atoms with van der Waals surface area (Å²) in [7, 11) is 0. The quantitative estimate of drug-likeness (QED) is 0.275. The third kappa shape index (κ3) is 4.27. The van der Waals surface area contributed by atoms with Gasteiger partial charge in [-0.15, -0.1) is 0 Å². The highest BCUT2D eigenvalue weighted by molar-refractivity contribution is 6.05. The molecule has 4 heteroatoms. The summed E-state index contributed by atoms with van der Waals surface area (Å²) >= 11 is 0. The fourth-order valence-corrected chi connectivity index (χ4v) is 5.13. The molecular weight excluding hydrogens is 412 g/mol. The molecule has 2 atom stereocenters. The number of ether oxygens (including phenoxy) is 2. The van der Waals surface area contributed by atoms with E-state index in [1.54, 1.807) is 0 Å². The minimum absolute atomic E-state index is 0.179. The van der Waals surface area contributed by atoms with E-state index in [2.05, 4.69) is 27.7 Å². The number of fused-ring (bicyclic) bond motifs is 2. The lowest BCUT2D eigenvalue weighted by Gasteiger charge is -2.26. The van der Waals surface area contributed by atoms with E-state index >= 15 is 0 Å². The van der Waals surface area contributed by atoms with Crippen LogP contribution < -0.4 is 9.47 Å². The Balaban J connectivity index is 1.67. The van der Waals surface area contributed by atoms with Crippen molar-refractivity contribution in [3.63, 3.8) is 0 Å². The summed E-state index contributed by atoms with van der Waals surface area (Å²) in [5.41, 5.74) is 2.55. The highest BCUT2D eigenvalue weighted by Crippen LogP contribution is 2.57. The number of rotatable bonds is 8. The standard InChI is InChI=1S/C29H32O4/c1-5-11-19-13-7-9-15-23(19)32-27(30)25-21-17-18-22(29(21,3)4)26(25)28(31)33-24-16-10-8-14-20(24)12-6-2/h7-10,13-18,21-22H,5-6,11-12H2,1-4H3. The van der Waals surface area contributed by atoms with Crippen molar-refractivity contribution in [2.24, 2.45) is 17.3 Å². The van der Waals surface area contributed by atoms with Gasteiger partial charge in [0.2, 0.25) is 0 Å². The van der Waals surface area contributed by atoms with Gasteiger partial charge in [-0.25, -0.2) is 9.59 Å². The smallest absolute Gasteiger partial charge is 0.340 e. The first-order chi connectivity index (χ1) is 15.9. The molecule has 4 rings (SSSR count). The van der Waals surface area contributed by atoms with Crippen molar-refractivity contribution >= 4 is 11.9 Å². The summed E-state index contributed by atoms with van der Waals surface area (Å²) < 4.78 is 11.8. The summed E-state index contributed by atoms with van der Waals surface area (Å²) in [4.78, 5) is 26.9. The van der Waals surface area contributed by atoms with Gasteiger partial charge in [0.05, 0.1) is 11.1 Å². The molecular formula is C29H32O4. The monoisotopic (exact) mass is 444 g/mol. The summed E-state index contributed by atoms with van der Waals surface area (Å²) in [5, 5.41) is 0. The highest BCUT2D eigenvalue weighted by Gasteiger charge is 2.55. The van der Waals surface area contributed by atoms with E-state index in [1.807, 2.05) is 60.7 Å². The second-order valence-electron chi connectivity index (χ2n) is 9.48. The normalized spacial score (nSPS) is 20.2. The van der Waals surface area contributed by atoms with Gasteiger partial charge >= 0.3 is 11.9 Å². The van der Waals surface area contributed by atoms with Gasteiger partial charge < -0.3 is 9.47 Å². The Bertz CT molecular complexity index is 1040. The Morgan fingerprint density at radius 2 is 1.12 bits per heavy atom. The van der Waals surface area contributed by atoms with Gasteiger partial charge in [0.25, 0.3) is 0 Å². The molecule has 0 saturated carbocycles. The fourth-order valence-electron chi connectivity index (χ4n) is 5.13. The Morgan fingerprint density at radius 1 is 0.727 bits per heavy atom. The number of carbonyl (C=O) groups is 2. The maximum atomic E-state index is 13.5. The maximum Gasteiger partial charge on any atom is 0.340 e. The number of hydrogen-bond donors (Lipinski definition) is 0. The number of esters is 2. The van der Waals surface area contributed by atoms with E-state index in [0.717, 1.165) is 36.8 Å². The van der Waals surface area contributed by atoms with Gasteiger partial charge in [-0.1, -0.05) is 89.1 Å². The van der Waals surface area contributed by atoms with Gasteiger partial charge in [-0.2, -0.15) is 0 Å². The zero-order chi connectivity index (χ0) is 23.6. The van der Waals surface area contributed by atoms with Crippen LogP contribution in [0.2, 0.25) is 0 Å². The van der Waals surface area contributed by atoms with Crippen LogP contribution in [0.15, 0.2) is 71.8 Å². The second kappa shape index (κ2) is 9.38. The zero-order valence-corrected chi connectivity index (χ0v) is 19.9. The Labute approximate surface area is 196 Å². The molecule has 2 aromatic rings. The molecule has 0 saturated heterocycles. The molecule has 2 aliphatic rings. The van der Waals surface area contributed by atoms with E-state index < -0.39 is 11.9 Å². The van der Waals surface area contributed by atoms with Crippen molar-refractivity contribution in [3.8, 4) is 11.5 Å². The minimum atomic E-state index is -0.461. The van der Waals surface area contributed by atoms with Crippen LogP contribution in [0.5, 0.6) is 11.5 Å². The van der Waals surface area contributed by atoms with Crippen molar-refractivity contribution in [2.45, 2.75) is 53.4 Å². The van der Waals surface area contributed by atoms with E-state index in [0.29, 0.717) is 22.6 Å². The van der Waals surface area contributed by atoms with Crippen LogP contribution in [0.3, 0.4) is 0 Å². The molecule has 0 N–H and O–H groups in total. The Morgan fingerprint density at radius 3 is 1.52 bits per heavy atom. The molecule has 0 radical (unpaired) electrons. The van der Waals surface area contributed by atoms with E-state index in [1.165, 1.54) is 0 Å². The summed E-state index contributed by atoms with van der Waals surface area (Å²) in [5.74, 6) is -0.164. The third-order valence-electron chi connectivity index (χ3n) is 6.84. The predicted molar refractivity (Wildman–Crippen MR) is 129 cm³/mol. The molecule has 4 nitrogen and oxygen atoms in total. The Hall–Kier alpha value is -3.14. The summed E-state index contributed by atoms with van der Waals surface area (Å²) in [6, 6.07) is 15.2. The fraction of sp³-hybridized carbons (Fsp3) is 0.379. The Kier molecular flexibility index (Phi) is 6.55. The van der Waals surface area contributed by atoms with Gasteiger partial charge in [0, 0.05) is 11.8 Å². The van der Waals surface area contributed by atoms with E-state index in [-0.39, 0.29) is 17.3 Å². The molecule has 0 heterocycles. The number of carbonyl (C=O) groups excluding carboxylic acids is 2. The van der Waals surface area contributed by atoms with Crippen LogP contribution in [0.1, 0.15) is 51.7 Å². The average molecular weight is 445 g/mol. The minimum Gasteiger partial charge on any atom is -0.423 e. The van der Waals surface area contributed by atoms with Crippen molar-refractivity contribution in [1.82, 2.24) is 0 Å². The van der Waals surface area contributed by atoms with E-state index in [9.17, 15) is 9.59 Å². The molecule has 2 unspecified atom stereocenters. The van der Waals surface area contributed by atoms with Crippen molar-refractivity contribution in [3.05, 3.63) is 83.0 Å². The molecule has 0 aliphatic heterocycles. The lowest BCUT2D eigenvalue weighted by molar-refractivity contribution is -0.133. The predicted octanol–water partition coefficient (Wildman–Crippen LogP) is 6.24. The number of benzene rings is 2. The molecule has 0 amide bonds. The third-order valence-corrected chi connectivity index (χ3v) is 6.84. The van der Waals surface area contributed by atoms with Crippen molar-refractivity contribution in [2.75, 3.05) is 0 Å². The first-order valence-electron chi connectivity index (χ1n) is 11.9. The molecule has 0 spiro atoms. The van der Waals surface area contributed by atoms with Crippen LogP contribution in [0.25, 0.3) is 0 Å². The maximum absolute atomic E-state index is 13.5. The molecule has 0 aromatic heterocycles. The number of para-hydroxylation sites is 2. The van der Waals surface area contributed by atoms with Crippen LogP contribution in [-0.4, -0.2) is 11.9 Å². The first kappa shape index (κ1) is 23.0. The van der Waals surface area contributed by atoms with Gasteiger partial charge in [0.1, 0.15) is 11.5 Å². The van der Waals surface area contributed by atoms with Crippen molar-refractivity contribution < 1.29 is 19.1 Å². The molecule has 0 fully saturated rings. The van der Waals surface area contributed by atoms with Crippen LogP contribution in [-0.2, 0) is 22.4 Å². The number of allylic oxidation sites excluding steroid dienone is 2.